The Kier molecular flexibility index (Phi) is 6.44. The molecule has 0 aliphatic heterocycles. The van der Waals surface area contributed by atoms with Gasteiger partial charge in [-0.25, -0.2) is 0 Å². The van der Waals surface area contributed by atoms with Crippen LogP contribution < -0.4 is 4.74 Å². The highest BCUT2D eigenvalue weighted by Crippen LogP contribution is 2.15. The van der Waals surface area contributed by atoms with Crippen molar-refractivity contribution in [3.05, 3.63) is 29.8 Å². The number of Topliss-reactive ketones (excluding diaryl/α,β-unsaturated/α-hetero) is 1. The Bertz CT molecular complexity index is 357. The van der Waals surface area contributed by atoms with Crippen LogP contribution in [-0.4, -0.2) is 25.6 Å². The zero-order chi connectivity index (χ0) is 13.4. The Morgan fingerprint density at radius 3 is 2.50 bits per heavy atom. The molecule has 0 spiro atoms. The average Bonchev–Trinajstić information content (AvgIpc) is 2.42. The summed E-state index contributed by atoms with van der Waals surface area (Å²) in [7, 11) is 1.66. The van der Waals surface area contributed by atoms with Crippen LogP contribution in [0.1, 0.15) is 43.5 Å². The molecule has 1 atom stereocenters. The molecule has 0 saturated carbocycles. The van der Waals surface area contributed by atoms with Crippen LogP contribution in [0.3, 0.4) is 0 Å². The highest BCUT2D eigenvalue weighted by molar-refractivity contribution is 5.96. The molecule has 1 rings (SSSR count). The van der Waals surface area contributed by atoms with E-state index >= 15 is 0 Å². The summed E-state index contributed by atoms with van der Waals surface area (Å²) < 4.78 is 10.6. The van der Waals surface area contributed by atoms with Crippen LogP contribution in [-0.2, 0) is 4.74 Å². The molecule has 0 saturated heterocycles. The van der Waals surface area contributed by atoms with Crippen LogP contribution in [0.15, 0.2) is 24.3 Å². The zero-order valence-electron chi connectivity index (χ0n) is 11.4. The number of carbonyl (C=O) groups is 1. The second kappa shape index (κ2) is 7.88. The lowest BCUT2D eigenvalue weighted by atomic mass is 10.0. The molecule has 0 N–H and O–H groups in total. The first-order chi connectivity index (χ1) is 8.67. The molecule has 0 aliphatic carbocycles. The maximum absolute atomic E-state index is 11.9. The normalized spacial score (nSPS) is 12.2. The van der Waals surface area contributed by atoms with Gasteiger partial charge >= 0.3 is 0 Å². The van der Waals surface area contributed by atoms with E-state index in [4.69, 9.17) is 9.47 Å². The Labute approximate surface area is 109 Å². The maximum Gasteiger partial charge on any atom is 0.162 e. The molecule has 3 heteroatoms. The Morgan fingerprint density at radius 2 is 1.94 bits per heavy atom. The van der Waals surface area contributed by atoms with E-state index in [0.29, 0.717) is 13.0 Å². The maximum atomic E-state index is 11.9. The fraction of sp³-hybridized carbons (Fsp3) is 0.533. The van der Waals surface area contributed by atoms with Gasteiger partial charge in [-0.05, 0) is 44.0 Å². The van der Waals surface area contributed by atoms with E-state index in [1.165, 1.54) is 0 Å². The van der Waals surface area contributed by atoms with Crippen molar-refractivity contribution in [2.75, 3.05) is 13.7 Å². The van der Waals surface area contributed by atoms with Crippen LogP contribution >= 0.6 is 0 Å². The van der Waals surface area contributed by atoms with Gasteiger partial charge < -0.3 is 9.47 Å². The van der Waals surface area contributed by atoms with Crippen LogP contribution in [0, 0.1) is 0 Å². The summed E-state index contributed by atoms with van der Waals surface area (Å²) in [6.07, 6.45) is 2.38. The molecule has 0 fully saturated rings. The first kappa shape index (κ1) is 14.7. The van der Waals surface area contributed by atoms with Crippen LogP contribution in [0.4, 0.5) is 0 Å². The zero-order valence-corrected chi connectivity index (χ0v) is 11.4. The summed E-state index contributed by atoms with van der Waals surface area (Å²) in [5.41, 5.74) is 0.738. The fourth-order valence-corrected chi connectivity index (χ4v) is 1.55. The molecule has 0 amide bonds. The minimum Gasteiger partial charge on any atom is -0.494 e. The highest BCUT2D eigenvalue weighted by Gasteiger charge is 2.08. The summed E-state index contributed by atoms with van der Waals surface area (Å²) in [6.45, 7) is 4.74. The predicted octanol–water partition coefficient (Wildman–Crippen LogP) is 3.47. The molecule has 0 heterocycles. The molecule has 1 aromatic rings. The van der Waals surface area contributed by atoms with Crippen molar-refractivity contribution in [2.24, 2.45) is 0 Å². The van der Waals surface area contributed by atoms with E-state index in [2.05, 4.69) is 6.92 Å². The van der Waals surface area contributed by atoms with Crippen molar-refractivity contribution in [1.82, 2.24) is 0 Å². The second-order valence-corrected chi connectivity index (χ2v) is 4.38. The largest absolute Gasteiger partial charge is 0.494 e. The summed E-state index contributed by atoms with van der Waals surface area (Å²) in [5.74, 6) is 0.972. The van der Waals surface area contributed by atoms with Gasteiger partial charge in [0.1, 0.15) is 5.75 Å². The van der Waals surface area contributed by atoms with E-state index in [-0.39, 0.29) is 11.9 Å². The number of ether oxygens (including phenoxy) is 2. The van der Waals surface area contributed by atoms with E-state index in [9.17, 15) is 4.79 Å². The van der Waals surface area contributed by atoms with Crippen molar-refractivity contribution in [2.45, 2.75) is 39.2 Å². The second-order valence-electron chi connectivity index (χ2n) is 4.38. The third-order valence-electron chi connectivity index (χ3n) is 2.83. The molecule has 100 valence electrons. The number of hydrogen-bond donors (Lipinski definition) is 0. The van der Waals surface area contributed by atoms with Crippen molar-refractivity contribution in [3.63, 3.8) is 0 Å². The summed E-state index contributed by atoms with van der Waals surface area (Å²) >= 11 is 0. The summed E-state index contributed by atoms with van der Waals surface area (Å²) in [5, 5.41) is 0. The number of methoxy groups -OCH3 is 1. The van der Waals surface area contributed by atoms with Gasteiger partial charge in [-0.2, -0.15) is 0 Å². The molecule has 0 aliphatic rings. The lowest BCUT2D eigenvalue weighted by molar-refractivity contribution is 0.0878. The van der Waals surface area contributed by atoms with Crippen molar-refractivity contribution in [1.29, 1.82) is 0 Å². The molecule has 18 heavy (non-hydrogen) atoms. The predicted molar refractivity (Wildman–Crippen MR) is 72.3 cm³/mol. The van der Waals surface area contributed by atoms with Crippen molar-refractivity contribution in [3.8, 4) is 5.75 Å². The smallest absolute Gasteiger partial charge is 0.162 e. The van der Waals surface area contributed by atoms with Crippen LogP contribution in [0.2, 0.25) is 0 Å². The molecular weight excluding hydrogens is 228 g/mol. The minimum absolute atomic E-state index is 0.126. The molecule has 1 unspecified atom stereocenters. The standard InChI is InChI=1S/C15H22O3/c1-4-11-18-14-8-6-13(7-9-14)15(16)10-5-12(2)17-3/h6-9,12H,4-5,10-11H2,1-3H3. The van der Waals surface area contributed by atoms with Crippen LogP contribution in [0.25, 0.3) is 0 Å². The van der Waals surface area contributed by atoms with E-state index in [1.807, 2.05) is 31.2 Å². The summed E-state index contributed by atoms with van der Waals surface area (Å²) in [6, 6.07) is 7.35. The Balaban J connectivity index is 2.48. The van der Waals surface area contributed by atoms with Crippen molar-refractivity contribution < 1.29 is 14.3 Å². The van der Waals surface area contributed by atoms with Gasteiger partial charge in [0.2, 0.25) is 0 Å². The van der Waals surface area contributed by atoms with Crippen molar-refractivity contribution >= 4 is 5.78 Å². The molecule has 1 aromatic carbocycles. The third-order valence-corrected chi connectivity index (χ3v) is 2.83. The number of benzene rings is 1. The number of hydrogen-bond acceptors (Lipinski definition) is 3. The molecular formula is C15H22O3. The topological polar surface area (TPSA) is 35.5 Å². The van der Waals surface area contributed by atoms with Gasteiger partial charge in [0, 0.05) is 19.1 Å². The number of ketones is 1. The number of carbonyl (C=O) groups excluding carboxylic acids is 1. The third kappa shape index (κ3) is 4.88. The first-order valence-electron chi connectivity index (χ1n) is 6.46. The Hall–Kier alpha value is -1.35. The SMILES string of the molecule is CCCOc1ccc(C(=O)CCC(C)OC)cc1. The average molecular weight is 250 g/mol. The summed E-state index contributed by atoms with van der Waals surface area (Å²) in [4.78, 5) is 11.9. The van der Waals surface area contributed by atoms with E-state index in [0.717, 1.165) is 24.2 Å². The van der Waals surface area contributed by atoms with Gasteiger partial charge in [-0.15, -0.1) is 0 Å². The quantitative estimate of drug-likeness (QED) is 0.663. The monoisotopic (exact) mass is 250 g/mol. The lowest BCUT2D eigenvalue weighted by Crippen LogP contribution is -2.08. The fourth-order valence-electron chi connectivity index (χ4n) is 1.55. The Morgan fingerprint density at radius 1 is 1.28 bits per heavy atom. The first-order valence-corrected chi connectivity index (χ1v) is 6.46. The molecule has 3 nitrogen and oxygen atoms in total. The van der Waals surface area contributed by atoms with Gasteiger partial charge in [0.15, 0.2) is 5.78 Å². The van der Waals surface area contributed by atoms with E-state index < -0.39 is 0 Å². The highest BCUT2D eigenvalue weighted by atomic mass is 16.5. The minimum atomic E-state index is 0.126. The molecule has 0 bridgehead atoms. The lowest BCUT2D eigenvalue weighted by Gasteiger charge is -2.09. The molecule has 0 radical (unpaired) electrons. The van der Waals surface area contributed by atoms with Gasteiger partial charge in [-0.3, -0.25) is 4.79 Å². The van der Waals surface area contributed by atoms with Gasteiger partial charge in [0.05, 0.1) is 12.7 Å². The van der Waals surface area contributed by atoms with Gasteiger partial charge in [0.25, 0.3) is 0 Å². The molecule has 0 aromatic heterocycles. The number of rotatable bonds is 8. The van der Waals surface area contributed by atoms with Gasteiger partial charge in [-0.1, -0.05) is 6.92 Å². The van der Waals surface area contributed by atoms with E-state index in [1.54, 1.807) is 7.11 Å². The van der Waals surface area contributed by atoms with Crippen LogP contribution in [0.5, 0.6) is 5.75 Å².